The summed E-state index contributed by atoms with van der Waals surface area (Å²) in [6, 6.07) is 10.8. The second-order valence-corrected chi connectivity index (χ2v) is 9.73. The average molecular weight is 436 g/mol. The predicted octanol–water partition coefficient (Wildman–Crippen LogP) is 2.87. The van der Waals surface area contributed by atoms with Crippen LogP contribution in [0.4, 0.5) is 17.3 Å². The minimum atomic E-state index is -0.924. The molecule has 1 saturated heterocycles. The van der Waals surface area contributed by atoms with Crippen molar-refractivity contribution in [2.24, 2.45) is 0 Å². The van der Waals surface area contributed by atoms with Gasteiger partial charge in [0.15, 0.2) is 5.65 Å². The minimum Gasteiger partial charge on any atom is -0.616 e. The first-order valence-electron chi connectivity index (χ1n) is 10.6. The van der Waals surface area contributed by atoms with E-state index in [9.17, 15) is 9.81 Å². The Bertz CT molecular complexity index is 1140. The molecule has 0 radical (unpaired) electrons. The van der Waals surface area contributed by atoms with Crippen LogP contribution in [-0.2, 0) is 16.9 Å². The SMILES string of the molecule is C[S@+]([O-])Cc1cc(Nc2cc(NC3CC3)n3ncc(C#N)c3n2)ccc1[C@H]1CCNC1. The molecule has 0 spiro atoms. The quantitative estimate of drug-likeness (QED) is 0.489. The van der Waals surface area contributed by atoms with Crippen molar-refractivity contribution >= 4 is 34.1 Å². The van der Waals surface area contributed by atoms with Crippen molar-refractivity contribution in [1.29, 1.82) is 5.26 Å². The number of anilines is 3. The molecule has 160 valence electrons. The van der Waals surface area contributed by atoms with E-state index in [1.165, 1.54) is 5.56 Å². The summed E-state index contributed by atoms with van der Waals surface area (Å²) in [5, 5.41) is 24.0. The van der Waals surface area contributed by atoms with Gasteiger partial charge in [0.2, 0.25) is 0 Å². The van der Waals surface area contributed by atoms with Crippen LogP contribution >= 0.6 is 0 Å². The summed E-state index contributed by atoms with van der Waals surface area (Å²) in [5.74, 6) is 2.46. The fourth-order valence-corrected chi connectivity index (χ4v) is 4.83. The highest BCUT2D eigenvalue weighted by molar-refractivity contribution is 7.89. The Labute approximate surface area is 184 Å². The van der Waals surface area contributed by atoms with Crippen LogP contribution in [-0.4, -0.2) is 44.5 Å². The molecule has 0 unspecified atom stereocenters. The molecule has 5 rings (SSSR count). The number of nitriles is 1. The molecule has 2 aliphatic rings. The van der Waals surface area contributed by atoms with E-state index < -0.39 is 11.2 Å². The number of hydrogen-bond donors (Lipinski definition) is 3. The molecular formula is C22H25N7OS. The van der Waals surface area contributed by atoms with Crippen molar-refractivity contribution in [3.05, 3.63) is 47.2 Å². The van der Waals surface area contributed by atoms with E-state index in [0.29, 0.717) is 34.7 Å². The Morgan fingerprint density at radius 3 is 2.90 bits per heavy atom. The van der Waals surface area contributed by atoms with Crippen LogP contribution in [0.2, 0.25) is 0 Å². The number of fused-ring (bicyclic) bond motifs is 1. The Morgan fingerprint density at radius 1 is 1.32 bits per heavy atom. The van der Waals surface area contributed by atoms with Gasteiger partial charge in [0.05, 0.1) is 12.5 Å². The fourth-order valence-electron chi connectivity index (χ4n) is 4.14. The molecular weight excluding hydrogens is 410 g/mol. The molecule has 8 nitrogen and oxygen atoms in total. The van der Waals surface area contributed by atoms with Gasteiger partial charge in [-0.3, -0.25) is 0 Å². The van der Waals surface area contributed by atoms with Crippen molar-refractivity contribution < 1.29 is 4.55 Å². The number of benzene rings is 1. The van der Waals surface area contributed by atoms with Crippen molar-refractivity contribution in [3.63, 3.8) is 0 Å². The number of aromatic nitrogens is 3. The van der Waals surface area contributed by atoms with Gasteiger partial charge < -0.3 is 20.5 Å². The second-order valence-electron chi connectivity index (χ2n) is 8.30. The van der Waals surface area contributed by atoms with Gasteiger partial charge in [0.25, 0.3) is 0 Å². The zero-order chi connectivity index (χ0) is 21.4. The normalized spacial score (nSPS) is 19.3. The van der Waals surface area contributed by atoms with E-state index in [1.807, 2.05) is 6.07 Å². The number of hydrogen-bond acceptors (Lipinski definition) is 7. The maximum atomic E-state index is 12.0. The van der Waals surface area contributed by atoms with Crippen LogP contribution in [0.25, 0.3) is 5.65 Å². The average Bonchev–Trinajstić information content (AvgIpc) is 3.23. The van der Waals surface area contributed by atoms with Gasteiger partial charge in [0, 0.05) is 29.9 Å². The summed E-state index contributed by atoms with van der Waals surface area (Å²) < 4.78 is 13.7. The molecule has 31 heavy (non-hydrogen) atoms. The summed E-state index contributed by atoms with van der Waals surface area (Å²) in [7, 11) is 0. The molecule has 2 atom stereocenters. The third-order valence-corrected chi connectivity index (χ3v) is 6.51. The number of rotatable bonds is 7. The molecule has 2 fully saturated rings. The summed E-state index contributed by atoms with van der Waals surface area (Å²) in [6.45, 7) is 1.98. The molecule has 1 saturated carbocycles. The molecule has 9 heteroatoms. The summed E-state index contributed by atoms with van der Waals surface area (Å²) in [5.41, 5.74) is 4.24. The van der Waals surface area contributed by atoms with Crippen LogP contribution in [0.15, 0.2) is 30.5 Å². The Morgan fingerprint density at radius 2 is 2.19 bits per heavy atom. The van der Waals surface area contributed by atoms with Crippen molar-refractivity contribution in [2.45, 2.75) is 37.0 Å². The van der Waals surface area contributed by atoms with Gasteiger partial charge in [-0.25, -0.2) is 4.98 Å². The molecule has 0 bridgehead atoms. The number of nitrogens with one attached hydrogen (secondary N) is 3. The van der Waals surface area contributed by atoms with Crippen LogP contribution in [0.5, 0.6) is 0 Å². The highest BCUT2D eigenvalue weighted by Gasteiger charge is 2.24. The highest BCUT2D eigenvalue weighted by Crippen LogP contribution is 2.31. The monoisotopic (exact) mass is 435 g/mol. The van der Waals surface area contributed by atoms with Crippen LogP contribution < -0.4 is 16.0 Å². The lowest BCUT2D eigenvalue weighted by atomic mass is 9.93. The van der Waals surface area contributed by atoms with Gasteiger partial charge in [0.1, 0.15) is 29.0 Å². The smallest absolute Gasteiger partial charge is 0.177 e. The lowest BCUT2D eigenvalue weighted by Crippen LogP contribution is -2.12. The largest absolute Gasteiger partial charge is 0.616 e. The molecule has 3 N–H and O–H groups in total. The van der Waals surface area contributed by atoms with Gasteiger partial charge >= 0.3 is 0 Å². The van der Waals surface area contributed by atoms with E-state index in [0.717, 1.165) is 49.4 Å². The second kappa shape index (κ2) is 8.38. The lowest BCUT2D eigenvalue weighted by Gasteiger charge is -2.18. The molecule has 2 aromatic heterocycles. The summed E-state index contributed by atoms with van der Waals surface area (Å²) >= 11 is -0.924. The Balaban J connectivity index is 1.49. The van der Waals surface area contributed by atoms with Crippen LogP contribution in [0, 0.1) is 11.3 Å². The minimum absolute atomic E-state index is 0.439. The summed E-state index contributed by atoms with van der Waals surface area (Å²) in [4.78, 5) is 4.64. The molecule has 1 aromatic carbocycles. The summed E-state index contributed by atoms with van der Waals surface area (Å²) in [6.07, 6.45) is 6.65. The van der Waals surface area contributed by atoms with E-state index in [-0.39, 0.29) is 0 Å². The van der Waals surface area contributed by atoms with Crippen molar-refractivity contribution in [2.75, 3.05) is 30.0 Å². The molecule has 3 aromatic rings. The predicted molar refractivity (Wildman–Crippen MR) is 122 cm³/mol. The van der Waals surface area contributed by atoms with E-state index in [4.69, 9.17) is 0 Å². The first kappa shape index (κ1) is 20.1. The zero-order valence-corrected chi connectivity index (χ0v) is 18.2. The highest BCUT2D eigenvalue weighted by atomic mass is 32.2. The zero-order valence-electron chi connectivity index (χ0n) is 17.4. The molecule has 1 aliphatic carbocycles. The van der Waals surface area contributed by atoms with Gasteiger partial charge in [-0.05, 0) is 49.4 Å². The first-order valence-corrected chi connectivity index (χ1v) is 12.3. The Kier molecular flexibility index (Phi) is 5.44. The van der Waals surface area contributed by atoms with E-state index >= 15 is 0 Å². The third-order valence-electron chi connectivity index (χ3n) is 5.80. The van der Waals surface area contributed by atoms with Crippen molar-refractivity contribution in [3.8, 4) is 6.07 Å². The van der Waals surface area contributed by atoms with Gasteiger partial charge in [-0.15, -0.1) is 0 Å². The van der Waals surface area contributed by atoms with Gasteiger partial charge in [-0.2, -0.15) is 14.9 Å². The van der Waals surface area contributed by atoms with E-state index in [2.05, 4.69) is 50.3 Å². The van der Waals surface area contributed by atoms with Gasteiger partial charge in [-0.1, -0.05) is 17.2 Å². The molecule has 1 aliphatic heterocycles. The molecule has 0 amide bonds. The van der Waals surface area contributed by atoms with E-state index in [1.54, 1.807) is 17.0 Å². The fraction of sp³-hybridized carbons (Fsp3) is 0.409. The standard InChI is InChI=1S/C22H25N7OS/c1-31(30)13-15-8-18(4-5-19(15)14-6-7-24-11-14)26-20-9-21(27-17-2-3-17)29-22(28-20)16(10-23)12-25-29/h4-5,8-9,12,14,17,24,27H,2-3,6-7,11,13H2,1H3,(H,26,28)/t14-,31-/m0/s1. The molecule has 3 heterocycles. The lowest BCUT2D eigenvalue weighted by molar-refractivity contribution is 0.599. The third kappa shape index (κ3) is 4.32. The topological polar surface area (TPSA) is 113 Å². The first-order chi connectivity index (χ1) is 15.1. The Hall–Kier alpha value is -2.80. The van der Waals surface area contributed by atoms with Crippen LogP contribution in [0.1, 0.15) is 41.9 Å². The number of nitrogens with zero attached hydrogens (tertiary/aromatic N) is 4. The maximum Gasteiger partial charge on any atom is 0.177 e. The van der Waals surface area contributed by atoms with Crippen molar-refractivity contribution in [1.82, 2.24) is 19.9 Å². The maximum absolute atomic E-state index is 12.0. The van der Waals surface area contributed by atoms with Crippen LogP contribution in [0.3, 0.4) is 0 Å².